The minimum absolute atomic E-state index is 0.0804. The van der Waals surface area contributed by atoms with Crippen molar-refractivity contribution >= 4 is 0 Å². The van der Waals surface area contributed by atoms with Crippen LogP contribution in [0.15, 0.2) is 48.8 Å². The van der Waals surface area contributed by atoms with Gasteiger partial charge in [0.2, 0.25) is 6.33 Å². The van der Waals surface area contributed by atoms with Crippen LogP contribution in [-0.4, -0.2) is 9.78 Å². The van der Waals surface area contributed by atoms with E-state index < -0.39 is 11.7 Å². The first-order valence-electron chi connectivity index (χ1n) is 7.91. The minimum atomic E-state index is -4.42. The number of hydrogen-bond donors (Lipinski definition) is 0. The lowest BCUT2D eigenvalue weighted by molar-refractivity contribution is -0.661. The van der Waals surface area contributed by atoms with Gasteiger partial charge in [0, 0.05) is 5.10 Å². The fourth-order valence-electron chi connectivity index (χ4n) is 2.92. The summed E-state index contributed by atoms with van der Waals surface area (Å²) in [4.78, 5) is 0. The van der Waals surface area contributed by atoms with Gasteiger partial charge in [-0.25, -0.2) is 4.57 Å². The van der Waals surface area contributed by atoms with Gasteiger partial charge in [0.15, 0.2) is 0 Å². The van der Waals surface area contributed by atoms with Gasteiger partial charge >= 0.3 is 12.0 Å². The van der Waals surface area contributed by atoms with E-state index in [0.717, 1.165) is 17.2 Å². The van der Waals surface area contributed by atoms with Crippen LogP contribution in [0, 0.1) is 13.8 Å². The highest BCUT2D eigenvalue weighted by molar-refractivity contribution is 5.58. The number of aromatic nitrogens is 3. The Morgan fingerprint density at radius 3 is 2.48 bits per heavy atom. The second-order valence-corrected chi connectivity index (χ2v) is 6.22. The van der Waals surface area contributed by atoms with E-state index in [1.54, 1.807) is 28.7 Å². The van der Waals surface area contributed by atoms with Crippen LogP contribution in [0.4, 0.5) is 13.2 Å². The first-order valence-corrected chi connectivity index (χ1v) is 7.91. The molecule has 0 amide bonds. The average Bonchev–Trinajstić information content (AvgIpc) is 2.90. The molecule has 0 unspecified atom stereocenters. The minimum Gasteiger partial charge on any atom is -0.233 e. The standard InChI is InChI=1S/C19H19F3N3/c1-13-8-9-15(14(2)10-13)11-25-12-24(3)18(23-25)16-6-4-5-7-17(16)19(20,21)22/h4-10,12H,11H2,1-3H3/q+1. The van der Waals surface area contributed by atoms with E-state index in [0.29, 0.717) is 6.54 Å². The normalized spacial score (nSPS) is 11.8. The molecule has 130 valence electrons. The molecule has 0 N–H and O–H groups in total. The van der Waals surface area contributed by atoms with Crippen molar-refractivity contribution in [3.63, 3.8) is 0 Å². The molecule has 0 aliphatic rings. The van der Waals surface area contributed by atoms with Crippen molar-refractivity contribution in [1.29, 1.82) is 0 Å². The van der Waals surface area contributed by atoms with Crippen molar-refractivity contribution in [3.05, 3.63) is 71.0 Å². The maximum absolute atomic E-state index is 13.3. The average molecular weight is 346 g/mol. The first-order chi connectivity index (χ1) is 11.8. The molecule has 25 heavy (non-hydrogen) atoms. The highest BCUT2D eigenvalue weighted by atomic mass is 19.4. The summed E-state index contributed by atoms with van der Waals surface area (Å²) >= 11 is 0. The number of halogens is 3. The van der Waals surface area contributed by atoms with E-state index in [9.17, 15) is 13.2 Å². The summed E-state index contributed by atoms with van der Waals surface area (Å²) in [5.41, 5.74) is 2.80. The molecule has 3 nitrogen and oxygen atoms in total. The van der Waals surface area contributed by atoms with E-state index in [1.165, 1.54) is 17.7 Å². The third kappa shape index (κ3) is 3.57. The Bertz CT molecular complexity index is 911. The van der Waals surface area contributed by atoms with Crippen molar-refractivity contribution < 1.29 is 17.7 Å². The molecule has 2 aromatic carbocycles. The van der Waals surface area contributed by atoms with Crippen LogP contribution in [0.2, 0.25) is 0 Å². The van der Waals surface area contributed by atoms with Crippen LogP contribution in [0.25, 0.3) is 11.4 Å². The van der Waals surface area contributed by atoms with Crippen LogP contribution in [0.5, 0.6) is 0 Å². The second kappa shape index (κ2) is 6.35. The molecule has 0 saturated heterocycles. The maximum Gasteiger partial charge on any atom is 0.417 e. The van der Waals surface area contributed by atoms with Gasteiger partial charge in [0.1, 0.15) is 6.54 Å². The molecule has 3 rings (SSSR count). The molecule has 0 radical (unpaired) electrons. The van der Waals surface area contributed by atoms with Gasteiger partial charge in [-0.05, 0) is 37.1 Å². The van der Waals surface area contributed by atoms with Gasteiger partial charge in [-0.3, -0.25) is 0 Å². The molecule has 0 saturated carbocycles. The largest absolute Gasteiger partial charge is 0.417 e. The van der Waals surface area contributed by atoms with Gasteiger partial charge in [-0.1, -0.05) is 35.9 Å². The zero-order valence-corrected chi connectivity index (χ0v) is 14.3. The number of aryl methyl sites for hydroxylation is 3. The number of rotatable bonds is 3. The molecule has 0 aliphatic heterocycles. The monoisotopic (exact) mass is 346 g/mol. The summed E-state index contributed by atoms with van der Waals surface area (Å²) in [6, 6.07) is 11.6. The van der Waals surface area contributed by atoms with E-state index in [1.807, 2.05) is 26.0 Å². The third-order valence-corrected chi connectivity index (χ3v) is 4.17. The van der Waals surface area contributed by atoms with Crippen molar-refractivity contribution in [2.45, 2.75) is 26.6 Å². The molecule has 6 heteroatoms. The Morgan fingerprint density at radius 2 is 1.80 bits per heavy atom. The van der Waals surface area contributed by atoms with Crippen LogP contribution in [-0.2, 0) is 19.8 Å². The van der Waals surface area contributed by atoms with E-state index in [2.05, 4.69) is 11.2 Å². The second-order valence-electron chi connectivity index (χ2n) is 6.22. The lowest BCUT2D eigenvalue weighted by Gasteiger charge is -2.09. The fraction of sp³-hybridized carbons (Fsp3) is 0.263. The zero-order chi connectivity index (χ0) is 18.2. The summed E-state index contributed by atoms with van der Waals surface area (Å²) in [5.74, 6) is 0.290. The van der Waals surface area contributed by atoms with Crippen molar-refractivity contribution in [2.24, 2.45) is 7.05 Å². The van der Waals surface area contributed by atoms with Gasteiger partial charge in [0.25, 0.3) is 0 Å². The van der Waals surface area contributed by atoms with Gasteiger partial charge in [0.05, 0.1) is 18.2 Å². The predicted molar refractivity (Wildman–Crippen MR) is 88.9 cm³/mol. The molecular weight excluding hydrogens is 327 g/mol. The van der Waals surface area contributed by atoms with Gasteiger partial charge in [-0.2, -0.15) is 13.2 Å². The lowest BCUT2D eigenvalue weighted by Crippen LogP contribution is -2.29. The smallest absolute Gasteiger partial charge is 0.233 e. The molecule has 0 bridgehead atoms. The Kier molecular flexibility index (Phi) is 4.37. The molecule has 1 heterocycles. The van der Waals surface area contributed by atoms with Crippen molar-refractivity contribution in [1.82, 2.24) is 9.78 Å². The van der Waals surface area contributed by atoms with E-state index in [-0.39, 0.29) is 11.4 Å². The van der Waals surface area contributed by atoms with Crippen molar-refractivity contribution in [2.75, 3.05) is 0 Å². The molecular formula is C19H19F3N3+. The number of nitrogens with zero attached hydrogens (tertiary/aromatic N) is 3. The Balaban J connectivity index is 1.99. The molecule has 0 atom stereocenters. The fourth-order valence-corrected chi connectivity index (χ4v) is 2.92. The summed E-state index contributed by atoms with van der Waals surface area (Å²) in [6.45, 7) is 4.55. The van der Waals surface area contributed by atoms with Crippen molar-refractivity contribution in [3.8, 4) is 11.4 Å². The van der Waals surface area contributed by atoms with Crippen LogP contribution in [0.1, 0.15) is 22.3 Å². The van der Waals surface area contributed by atoms with Crippen LogP contribution in [0.3, 0.4) is 0 Å². The Morgan fingerprint density at radius 1 is 1.08 bits per heavy atom. The quantitative estimate of drug-likeness (QED) is 0.656. The number of benzene rings is 2. The highest BCUT2D eigenvalue weighted by Crippen LogP contribution is 2.35. The van der Waals surface area contributed by atoms with Crippen LogP contribution >= 0.6 is 0 Å². The zero-order valence-electron chi connectivity index (χ0n) is 14.3. The van der Waals surface area contributed by atoms with E-state index in [4.69, 9.17) is 0 Å². The summed E-state index contributed by atoms with van der Waals surface area (Å²) in [5, 5.41) is 4.39. The first kappa shape index (κ1) is 17.2. The summed E-state index contributed by atoms with van der Waals surface area (Å²) < 4.78 is 43.1. The molecule has 0 spiro atoms. The molecule has 1 aromatic heterocycles. The Labute approximate surface area is 144 Å². The SMILES string of the molecule is Cc1ccc(Cn2c[n+](C)c(-c3ccccc3C(F)(F)F)n2)c(C)c1. The van der Waals surface area contributed by atoms with E-state index >= 15 is 0 Å². The third-order valence-electron chi connectivity index (χ3n) is 4.17. The number of alkyl halides is 3. The van der Waals surface area contributed by atoms with Gasteiger partial charge < -0.3 is 0 Å². The van der Waals surface area contributed by atoms with Gasteiger partial charge in [-0.15, -0.1) is 4.68 Å². The molecule has 3 aromatic rings. The predicted octanol–water partition coefficient (Wildman–Crippen LogP) is 4.06. The topological polar surface area (TPSA) is 21.7 Å². The van der Waals surface area contributed by atoms with Crippen LogP contribution < -0.4 is 4.57 Å². The molecule has 0 aliphatic carbocycles. The summed E-state index contributed by atoms with van der Waals surface area (Å²) in [6.07, 6.45) is -2.71. The summed E-state index contributed by atoms with van der Waals surface area (Å²) in [7, 11) is 1.70. The number of hydrogen-bond acceptors (Lipinski definition) is 1. The maximum atomic E-state index is 13.3. The highest BCUT2D eigenvalue weighted by Gasteiger charge is 2.36. The molecule has 0 fully saturated rings. The Hall–Kier alpha value is -2.63. The lowest BCUT2D eigenvalue weighted by atomic mass is 10.1.